The lowest BCUT2D eigenvalue weighted by atomic mass is 10.0. The van der Waals surface area contributed by atoms with Crippen molar-refractivity contribution in [2.45, 2.75) is 56.9 Å². The molecule has 4 rings (SSSR count). The zero-order valence-electron chi connectivity index (χ0n) is 17.4. The average molecular weight is 413 g/mol. The van der Waals surface area contributed by atoms with Gasteiger partial charge in [-0.15, -0.1) is 0 Å². The third-order valence-electron chi connectivity index (χ3n) is 6.78. The van der Waals surface area contributed by atoms with Gasteiger partial charge in [-0.2, -0.15) is 5.26 Å². The second-order valence-corrected chi connectivity index (χ2v) is 8.89. The van der Waals surface area contributed by atoms with Crippen LogP contribution in [0.3, 0.4) is 0 Å². The molecule has 0 spiro atoms. The minimum Gasteiger partial charge on any atom is -0.330 e. The normalized spacial score (nSPS) is 30.6. The van der Waals surface area contributed by atoms with E-state index in [0.29, 0.717) is 31.5 Å². The molecule has 0 aromatic heterocycles. The third-order valence-corrected chi connectivity index (χ3v) is 6.78. The number of nitriles is 1. The van der Waals surface area contributed by atoms with Crippen LogP contribution in [0.2, 0.25) is 0 Å². The van der Waals surface area contributed by atoms with Crippen molar-refractivity contribution in [1.29, 1.82) is 5.26 Å². The Morgan fingerprint density at radius 3 is 2.73 bits per heavy atom. The predicted molar refractivity (Wildman–Crippen MR) is 108 cm³/mol. The Hall–Kier alpha value is -2.50. The molecule has 160 valence electrons. The molecular weight excluding hydrogens is 385 g/mol. The number of rotatable bonds is 5. The number of hydrogen-bond acceptors (Lipinski definition) is 5. The van der Waals surface area contributed by atoms with Crippen LogP contribution < -0.4 is 5.73 Å². The van der Waals surface area contributed by atoms with E-state index in [1.165, 1.54) is 6.07 Å². The molecule has 2 amide bonds. The first kappa shape index (κ1) is 20.8. The van der Waals surface area contributed by atoms with Crippen molar-refractivity contribution in [3.8, 4) is 6.07 Å². The van der Waals surface area contributed by atoms with Crippen molar-refractivity contribution in [2.24, 2.45) is 11.7 Å². The maximum atomic E-state index is 14.2. The van der Waals surface area contributed by atoms with Crippen LogP contribution in [0.15, 0.2) is 24.3 Å². The monoisotopic (exact) mass is 413 g/mol. The van der Waals surface area contributed by atoms with Gasteiger partial charge in [0.1, 0.15) is 11.9 Å². The van der Waals surface area contributed by atoms with E-state index in [4.69, 9.17) is 5.73 Å². The van der Waals surface area contributed by atoms with E-state index in [9.17, 15) is 19.2 Å². The Morgan fingerprint density at radius 1 is 1.33 bits per heavy atom. The molecule has 8 heteroatoms. The summed E-state index contributed by atoms with van der Waals surface area (Å²) in [5.74, 6) is -0.287. The van der Waals surface area contributed by atoms with Crippen molar-refractivity contribution < 1.29 is 14.0 Å². The summed E-state index contributed by atoms with van der Waals surface area (Å²) in [6.07, 6.45) is 1.34. The van der Waals surface area contributed by atoms with Crippen molar-refractivity contribution in [2.75, 3.05) is 19.6 Å². The zero-order chi connectivity index (χ0) is 21.6. The maximum Gasteiger partial charge on any atom is 0.241 e. The van der Waals surface area contributed by atoms with Crippen molar-refractivity contribution in [3.05, 3.63) is 35.6 Å². The summed E-state index contributed by atoms with van der Waals surface area (Å²) in [5, 5.41) is 9.31. The number of amides is 2. The van der Waals surface area contributed by atoms with Gasteiger partial charge >= 0.3 is 0 Å². The van der Waals surface area contributed by atoms with Gasteiger partial charge < -0.3 is 15.5 Å². The highest BCUT2D eigenvalue weighted by atomic mass is 19.1. The van der Waals surface area contributed by atoms with Gasteiger partial charge in [-0.25, -0.2) is 4.39 Å². The van der Waals surface area contributed by atoms with Gasteiger partial charge in [-0.3, -0.25) is 14.5 Å². The van der Waals surface area contributed by atoms with Crippen LogP contribution in [-0.4, -0.2) is 70.3 Å². The lowest BCUT2D eigenvalue weighted by molar-refractivity contribution is -0.141. The fourth-order valence-electron chi connectivity index (χ4n) is 5.32. The minimum absolute atomic E-state index is 0.0157. The van der Waals surface area contributed by atoms with E-state index in [-0.39, 0.29) is 48.2 Å². The summed E-state index contributed by atoms with van der Waals surface area (Å²) in [5.41, 5.74) is 6.72. The molecule has 3 saturated heterocycles. The van der Waals surface area contributed by atoms with Crippen LogP contribution in [0.1, 0.15) is 38.3 Å². The van der Waals surface area contributed by atoms with Crippen LogP contribution >= 0.6 is 0 Å². The Balaban J connectivity index is 1.40. The van der Waals surface area contributed by atoms with E-state index in [1.54, 1.807) is 28.0 Å². The van der Waals surface area contributed by atoms with Gasteiger partial charge in [0, 0.05) is 31.2 Å². The quantitative estimate of drug-likeness (QED) is 0.784. The van der Waals surface area contributed by atoms with E-state index in [1.807, 2.05) is 18.7 Å². The molecule has 5 unspecified atom stereocenters. The zero-order valence-corrected chi connectivity index (χ0v) is 17.4. The van der Waals surface area contributed by atoms with Gasteiger partial charge in [0.05, 0.1) is 24.2 Å². The van der Waals surface area contributed by atoms with Crippen molar-refractivity contribution >= 4 is 11.8 Å². The topological polar surface area (TPSA) is 93.7 Å². The van der Waals surface area contributed by atoms with Gasteiger partial charge in [0.15, 0.2) is 0 Å². The van der Waals surface area contributed by atoms with E-state index in [0.717, 1.165) is 0 Å². The Bertz CT molecular complexity index is 887. The predicted octanol–water partition coefficient (Wildman–Crippen LogP) is 1.26. The summed E-state index contributed by atoms with van der Waals surface area (Å²) in [7, 11) is 0. The summed E-state index contributed by atoms with van der Waals surface area (Å²) in [6.45, 7) is 5.33. The molecule has 2 bridgehead atoms. The Kier molecular flexibility index (Phi) is 5.51. The molecule has 0 saturated carbocycles. The second-order valence-electron chi connectivity index (χ2n) is 8.89. The number of piperazine rings is 1. The van der Waals surface area contributed by atoms with Gasteiger partial charge in [-0.1, -0.05) is 25.1 Å². The highest BCUT2D eigenvalue weighted by molar-refractivity contribution is 5.87. The van der Waals surface area contributed by atoms with E-state index >= 15 is 0 Å². The first-order chi connectivity index (χ1) is 14.3. The number of likely N-dealkylation sites (tertiary alicyclic amines) is 3. The molecular formula is C22H28FN5O2. The molecule has 3 heterocycles. The van der Waals surface area contributed by atoms with Gasteiger partial charge in [-0.05, 0) is 31.7 Å². The Labute approximate surface area is 176 Å². The highest BCUT2D eigenvalue weighted by Crippen LogP contribution is 2.38. The largest absolute Gasteiger partial charge is 0.330 e. The van der Waals surface area contributed by atoms with Gasteiger partial charge in [0.2, 0.25) is 11.8 Å². The molecule has 3 aliphatic rings. The first-order valence-electron chi connectivity index (χ1n) is 10.6. The molecule has 6 atom stereocenters. The number of halogens is 1. The fourth-order valence-corrected chi connectivity index (χ4v) is 5.32. The number of benzene rings is 1. The van der Waals surface area contributed by atoms with Crippen LogP contribution in [0.4, 0.5) is 4.39 Å². The summed E-state index contributed by atoms with van der Waals surface area (Å²) in [4.78, 5) is 31.2. The molecule has 3 fully saturated rings. The summed E-state index contributed by atoms with van der Waals surface area (Å²) in [6, 6.07) is 6.86. The molecule has 30 heavy (non-hydrogen) atoms. The molecule has 0 radical (unpaired) electrons. The van der Waals surface area contributed by atoms with Crippen LogP contribution in [0, 0.1) is 23.1 Å². The standard InChI is InChI=1S/C22H28FN5O2/c1-13-7-15(9-24)27(10-13)21(29)19(25)12-26-11-16-8-20(26)22(30)28(16)14(2)17-5-3-4-6-18(17)23/h3-6,13-16,19-20H,7-8,10-12,25H2,1-2H3/t13?,14-,15?,16?,19?,20?/m0/s1. The minimum atomic E-state index is -0.768. The van der Waals surface area contributed by atoms with Crippen molar-refractivity contribution in [3.63, 3.8) is 0 Å². The smallest absolute Gasteiger partial charge is 0.241 e. The van der Waals surface area contributed by atoms with Gasteiger partial charge in [0.25, 0.3) is 0 Å². The van der Waals surface area contributed by atoms with Crippen LogP contribution in [0.25, 0.3) is 0 Å². The highest BCUT2D eigenvalue weighted by Gasteiger charge is 2.52. The lowest BCUT2D eigenvalue weighted by Crippen LogP contribution is -2.56. The number of carbonyl (C=O) groups excluding carboxylic acids is 2. The molecule has 0 aliphatic carbocycles. The second kappa shape index (κ2) is 7.97. The molecule has 1 aromatic rings. The third kappa shape index (κ3) is 3.46. The van der Waals surface area contributed by atoms with Crippen LogP contribution in [-0.2, 0) is 9.59 Å². The lowest BCUT2D eigenvalue weighted by Gasteiger charge is -2.38. The molecule has 3 aliphatic heterocycles. The number of carbonyl (C=O) groups is 2. The molecule has 1 aromatic carbocycles. The van der Waals surface area contributed by atoms with E-state index in [2.05, 4.69) is 6.07 Å². The molecule has 7 nitrogen and oxygen atoms in total. The van der Waals surface area contributed by atoms with E-state index < -0.39 is 12.1 Å². The number of hydrogen-bond donors (Lipinski definition) is 1. The SMILES string of the molecule is CC1CC(C#N)N(C(=O)C(N)CN2CC3CC2C(=O)N3[C@@H](C)c2ccccc2F)C1. The average Bonchev–Trinajstić information content (AvgIpc) is 3.39. The maximum absolute atomic E-state index is 14.2. The molecule has 2 N–H and O–H groups in total. The summed E-state index contributed by atoms with van der Waals surface area (Å²) >= 11 is 0. The number of fused-ring (bicyclic) bond motifs is 2. The number of nitrogens with zero attached hydrogens (tertiary/aromatic N) is 4. The van der Waals surface area contributed by atoms with Crippen molar-refractivity contribution in [1.82, 2.24) is 14.7 Å². The fraction of sp³-hybridized carbons (Fsp3) is 0.591. The number of nitrogens with two attached hydrogens (primary N) is 1. The summed E-state index contributed by atoms with van der Waals surface area (Å²) < 4.78 is 14.2. The Morgan fingerprint density at radius 2 is 2.07 bits per heavy atom. The first-order valence-corrected chi connectivity index (χ1v) is 10.6. The van der Waals surface area contributed by atoms with Crippen LogP contribution in [0.5, 0.6) is 0 Å².